The van der Waals surface area contributed by atoms with Gasteiger partial charge in [-0.25, -0.2) is 29.9 Å². The standard InChI is InChI=1S/3C38H24N2S/c1-3-11-27(12-4-1)35-36(28-13-5-2-6-14-28)40-37-29(16-10-19-33(37)39-35)25-21-23-26(24-22-25)30-17-9-18-32-31-15-7-8-20-34(31)41-38(30)32;1-3-10-27(11-4-1)36-33-24-29(22-23-34(33)39-38(40-36)28-12-5-2-6-13-28)25-18-20-26(21-19-25)30-15-9-16-32-31-14-7-8-17-35(31)41-37(30)32;1-3-10-27(11-4-1)36-33-23-22-29(24-34(33)39-38(40-36)28-12-5-2-6-13-28)25-18-20-26(21-19-25)30-15-9-16-32-31-14-7-8-17-35(31)41-37(30)32/h3*1-24H. The predicted octanol–water partition coefficient (Wildman–Crippen LogP) is 32.0. The summed E-state index contributed by atoms with van der Waals surface area (Å²) in [7, 11) is 0. The van der Waals surface area contributed by atoms with Crippen LogP contribution in [0.15, 0.2) is 437 Å². The van der Waals surface area contributed by atoms with Crippen LogP contribution in [0, 0.1) is 0 Å². The van der Waals surface area contributed by atoms with Crippen molar-refractivity contribution in [2.45, 2.75) is 0 Å². The molecule has 0 saturated heterocycles. The van der Waals surface area contributed by atoms with Crippen LogP contribution in [-0.4, -0.2) is 29.9 Å². The van der Waals surface area contributed by atoms with Gasteiger partial charge in [0, 0.05) is 110 Å². The van der Waals surface area contributed by atoms with E-state index in [0.29, 0.717) is 0 Å². The molecular weight excluding hydrogens is 1550 g/mol. The van der Waals surface area contributed by atoms with Gasteiger partial charge in [-0.3, -0.25) is 0 Å². The summed E-state index contributed by atoms with van der Waals surface area (Å²) in [6, 6.07) is 154. The van der Waals surface area contributed by atoms with Gasteiger partial charge in [-0.05, 0) is 110 Å². The van der Waals surface area contributed by atoms with Crippen molar-refractivity contribution in [1.29, 1.82) is 0 Å². The summed E-state index contributed by atoms with van der Waals surface area (Å²) >= 11 is 5.61. The van der Waals surface area contributed by atoms with Crippen LogP contribution in [0.3, 0.4) is 0 Å². The highest BCUT2D eigenvalue weighted by atomic mass is 32.1. The molecule has 0 spiro atoms. The van der Waals surface area contributed by atoms with Gasteiger partial charge in [0.25, 0.3) is 0 Å². The van der Waals surface area contributed by atoms with Gasteiger partial charge in [-0.2, -0.15) is 0 Å². The van der Waals surface area contributed by atoms with Crippen molar-refractivity contribution in [3.05, 3.63) is 437 Å². The molecule has 24 aromatic rings. The average molecular weight is 1620 g/mol. The number of fused-ring (bicyclic) bond motifs is 12. The number of benzene rings is 18. The number of hydrogen-bond acceptors (Lipinski definition) is 9. The molecule has 9 heteroatoms. The fourth-order valence-electron chi connectivity index (χ4n) is 17.0. The Labute approximate surface area is 723 Å². The molecule has 0 aliphatic heterocycles. The Hall–Kier alpha value is -15.4. The van der Waals surface area contributed by atoms with Gasteiger partial charge in [0.15, 0.2) is 11.6 Å². The maximum Gasteiger partial charge on any atom is 0.160 e. The third-order valence-corrected chi connectivity index (χ3v) is 26.8. The largest absolute Gasteiger partial charge is 0.244 e. The van der Waals surface area contributed by atoms with E-state index in [-0.39, 0.29) is 0 Å². The first-order valence-electron chi connectivity index (χ1n) is 41.3. The van der Waals surface area contributed by atoms with Crippen LogP contribution in [-0.2, 0) is 0 Å². The van der Waals surface area contributed by atoms with E-state index in [1.807, 2.05) is 107 Å². The van der Waals surface area contributed by atoms with Gasteiger partial charge >= 0.3 is 0 Å². The average Bonchev–Trinajstić information content (AvgIpc) is 1.76. The number of rotatable bonds is 12. The molecule has 0 aliphatic rings. The third-order valence-electron chi connectivity index (χ3n) is 23.1. The Bertz CT molecular complexity index is 8060. The number of hydrogen-bond donors (Lipinski definition) is 0. The highest BCUT2D eigenvalue weighted by Crippen LogP contribution is 2.46. The van der Waals surface area contributed by atoms with E-state index in [1.165, 1.54) is 105 Å². The summed E-state index contributed by atoms with van der Waals surface area (Å²) in [5, 5.41) is 10.0. The van der Waals surface area contributed by atoms with Crippen LogP contribution in [0.2, 0.25) is 0 Å². The fourth-order valence-corrected chi connectivity index (χ4v) is 20.7. The quantitative estimate of drug-likeness (QED) is 0.121. The van der Waals surface area contributed by atoms with Gasteiger partial charge in [0.1, 0.15) is 0 Å². The Kier molecular flexibility index (Phi) is 19.5. The van der Waals surface area contributed by atoms with Crippen molar-refractivity contribution in [3.8, 4) is 135 Å². The molecule has 6 aromatic heterocycles. The zero-order chi connectivity index (χ0) is 81.5. The molecule has 0 radical (unpaired) electrons. The molecule has 18 aromatic carbocycles. The fraction of sp³-hybridized carbons (Fsp3) is 0. The van der Waals surface area contributed by atoms with Crippen molar-refractivity contribution < 1.29 is 0 Å². The molecular formula is C114H72N6S3. The van der Waals surface area contributed by atoms with Crippen molar-refractivity contribution in [2.24, 2.45) is 0 Å². The first-order valence-corrected chi connectivity index (χ1v) is 43.7. The summed E-state index contributed by atoms with van der Waals surface area (Å²) in [6.45, 7) is 0. The molecule has 0 amide bonds. The van der Waals surface area contributed by atoms with Gasteiger partial charge in [0.2, 0.25) is 0 Å². The van der Waals surface area contributed by atoms with Crippen molar-refractivity contribution >= 4 is 127 Å². The van der Waals surface area contributed by atoms with E-state index < -0.39 is 0 Å². The summed E-state index contributed by atoms with van der Waals surface area (Å²) in [6.07, 6.45) is 0. The van der Waals surface area contributed by atoms with E-state index >= 15 is 0 Å². The second-order valence-corrected chi connectivity index (χ2v) is 33.8. The Balaban J connectivity index is 0.000000110. The summed E-state index contributed by atoms with van der Waals surface area (Å²) in [5.74, 6) is 1.48. The lowest BCUT2D eigenvalue weighted by molar-refractivity contribution is 1.23. The van der Waals surface area contributed by atoms with Crippen LogP contribution >= 0.6 is 34.0 Å². The van der Waals surface area contributed by atoms with Crippen LogP contribution in [0.25, 0.3) is 228 Å². The number of aromatic nitrogens is 6. The van der Waals surface area contributed by atoms with Crippen LogP contribution in [0.4, 0.5) is 0 Å². The second-order valence-electron chi connectivity index (χ2n) is 30.6. The molecule has 0 N–H and O–H groups in total. The van der Waals surface area contributed by atoms with Gasteiger partial charge < -0.3 is 0 Å². The van der Waals surface area contributed by atoms with Crippen LogP contribution in [0.5, 0.6) is 0 Å². The zero-order valence-electron chi connectivity index (χ0n) is 66.5. The van der Waals surface area contributed by atoms with Crippen LogP contribution < -0.4 is 0 Å². The predicted molar refractivity (Wildman–Crippen MR) is 523 cm³/mol. The Morgan fingerprint density at radius 1 is 0.146 bits per heavy atom. The SMILES string of the molecule is c1ccc(-c2nc(-c3ccccc3)c3cc(-c4ccc(-c5cccc6c5sc5ccccc56)cc4)ccc3n2)cc1.c1ccc(-c2nc(-c3ccccc3)c3ccc(-c4ccc(-c5cccc6c5sc5ccccc56)cc4)cc3n2)cc1.c1ccc(-c2nc3cccc(-c4ccc(-c5cccc6c5sc5ccccc56)cc4)c3nc2-c2ccccc2)cc1. The Morgan fingerprint density at radius 2 is 0.455 bits per heavy atom. The molecule has 576 valence electrons. The molecule has 0 fully saturated rings. The van der Waals surface area contributed by atoms with Gasteiger partial charge in [-0.1, -0.05) is 388 Å². The molecule has 24 rings (SSSR count). The molecule has 0 aliphatic carbocycles. The van der Waals surface area contributed by atoms with Crippen molar-refractivity contribution in [2.75, 3.05) is 0 Å². The van der Waals surface area contributed by atoms with Crippen molar-refractivity contribution in [3.63, 3.8) is 0 Å². The topological polar surface area (TPSA) is 77.3 Å². The van der Waals surface area contributed by atoms with E-state index in [0.717, 1.165) is 123 Å². The summed E-state index contributed by atoms with van der Waals surface area (Å²) < 4.78 is 7.99. The molecule has 123 heavy (non-hydrogen) atoms. The lowest BCUT2D eigenvalue weighted by Crippen LogP contribution is -1.97. The minimum atomic E-state index is 0.737. The number of para-hydroxylation sites is 1. The van der Waals surface area contributed by atoms with E-state index in [2.05, 4.69) is 364 Å². The first kappa shape index (κ1) is 74.0. The number of nitrogens with zero attached hydrogens (tertiary/aromatic N) is 6. The molecule has 6 nitrogen and oxygen atoms in total. The lowest BCUT2D eigenvalue weighted by Gasteiger charge is -2.13. The number of thiophene rings is 3. The van der Waals surface area contributed by atoms with Crippen LogP contribution in [0.1, 0.15) is 0 Å². The highest BCUT2D eigenvalue weighted by Gasteiger charge is 2.21. The molecule has 0 atom stereocenters. The summed E-state index contributed by atoms with van der Waals surface area (Å²) in [5.41, 5.74) is 28.0. The smallest absolute Gasteiger partial charge is 0.160 e. The first-order chi connectivity index (χ1) is 61.0. The van der Waals surface area contributed by atoms with Gasteiger partial charge in [-0.15, -0.1) is 34.0 Å². The monoisotopic (exact) mass is 1620 g/mol. The maximum atomic E-state index is 5.28. The van der Waals surface area contributed by atoms with Gasteiger partial charge in [0.05, 0.1) is 44.8 Å². The molecule has 0 saturated carbocycles. The third kappa shape index (κ3) is 14.3. The maximum absolute atomic E-state index is 5.28. The molecule has 0 unspecified atom stereocenters. The van der Waals surface area contributed by atoms with E-state index in [1.54, 1.807) is 0 Å². The van der Waals surface area contributed by atoms with E-state index in [4.69, 9.17) is 29.9 Å². The molecule has 0 bridgehead atoms. The minimum Gasteiger partial charge on any atom is -0.244 e. The Morgan fingerprint density at radius 3 is 0.886 bits per heavy atom. The molecule has 6 heterocycles. The normalized spacial score (nSPS) is 11.4. The lowest BCUT2D eigenvalue weighted by atomic mass is 9.97. The minimum absolute atomic E-state index is 0.737. The summed E-state index contributed by atoms with van der Waals surface area (Å²) in [4.78, 5) is 30.5. The van der Waals surface area contributed by atoms with E-state index in [9.17, 15) is 0 Å². The highest BCUT2D eigenvalue weighted by molar-refractivity contribution is 7.27. The zero-order valence-corrected chi connectivity index (χ0v) is 68.9. The second kappa shape index (κ2) is 32.4. The van der Waals surface area contributed by atoms with Crippen molar-refractivity contribution in [1.82, 2.24) is 29.9 Å².